The Labute approximate surface area is 124 Å². The Kier molecular flexibility index (Phi) is 2.83. The summed E-state index contributed by atoms with van der Waals surface area (Å²) in [6.45, 7) is 0. The highest BCUT2D eigenvalue weighted by atomic mass is 35.5. The smallest absolute Gasteiger partial charge is 0.163 e. The fourth-order valence-electron chi connectivity index (χ4n) is 2.63. The summed E-state index contributed by atoms with van der Waals surface area (Å²) in [5.74, 6) is 0.748. The number of thiophene rings is 2. The zero-order valence-electron chi connectivity index (χ0n) is 10.1. The fraction of sp³-hybridized carbons (Fsp3) is 0.286. The van der Waals surface area contributed by atoms with Crippen LogP contribution in [0.5, 0.6) is 0 Å². The first kappa shape index (κ1) is 11.8. The number of rotatable bonds is 1. The SMILES string of the molecule is Clc1nc(-c2ccsc2)nc2sc3c(c12)CCCC3. The minimum atomic E-state index is 0.616. The minimum Gasteiger partial charge on any atom is -0.217 e. The van der Waals surface area contributed by atoms with Gasteiger partial charge in [0.05, 0.1) is 5.39 Å². The van der Waals surface area contributed by atoms with Crippen LogP contribution in [-0.4, -0.2) is 9.97 Å². The molecule has 0 spiro atoms. The molecule has 4 rings (SSSR count). The summed E-state index contributed by atoms with van der Waals surface area (Å²) in [4.78, 5) is 11.7. The van der Waals surface area contributed by atoms with Gasteiger partial charge in [-0.15, -0.1) is 11.3 Å². The van der Waals surface area contributed by atoms with Crippen LogP contribution in [-0.2, 0) is 12.8 Å². The molecule has 1 aliphatic rings. The number of halogens is 1. The lowest BCUT2D eigenvalue weighted by molar-refractivity contribution is 0.700. The second kappa shape index (κ2) is 4.54. The largest absolute Gasteiger partial charge is 0.217 e. The molecule has 0 saturated carbocycles. The highest BCUT2D eigenvalue weighted by Gasteiger charge is 2.20. The van der Waals surface area contributed by atoms with Crippen molar-refractivity contribution < 1.29 is 0 Å². The lowest BCUT2D eigenvalue weighted by Gasteiger charge is -2.10. The fourth-order valence-corrected chi connectivity index (χ4v) is 4.87. The Balaban J connectivity index is 1.98. The van der Waals surface area contributed by atoms with Crippen molar-refractivity contribution in [1.29, 1.82) is 0 Å². The van der Waals surface area contributed by atoms with Gasteiger partial charge in [0.2, 0.25) is 0 Å². The summed E-state index contributed by atoms with van der Waals surface area (Å²) in [6.07, 6.45) is 4.82. The summed E-state index contributed by atoms with van der Waals surface area (Å²) in [5.41, 5.74) is 2.45. The number of aromatic nitrogens is 2. The van der Waals surface area contributed by atoms with Crippen molar-refractivity contribution >= 4 is 44.5 Å². The van der Waals surface area contributed by atoms with Crippen LogP contribution >= 0.6 is 34.3 Å². The average Bonchev–Trinajstić information content (AvgIpc) is 3.05. The third kappa shape index (κ3) is 1.90. The summed E-state index contributed by atoms with van der Waals surface area (Å²) < 4.78 is 0. The average molecular weight is 307 g/mol. The third-order valence-corrected chi connectivity index (χ3v) is 5.69. The van der Waals surface area contributed by atoms with Gasteiger partial charge in [0, 0.05) is 15.8 Å². The van der Waals surface area contributed by atoms with Gasteiger partial charge >= 0.3 is 0 Å². The molecule has 0 aromatic carbocycles. The van der Waals surface area contributed by atoms with Crippen LogP contribution in [0.3, 0.4) is 0 Å². The quantitative estimate of drug-likeness (QED) is 0.594. The van der Waals surface area contributed by atoms with Crippen molar-refractivity contribution in [3.63, 3.8) is 0 Å². The Morgan fingerprint density at radius 1 is 1.16 bits per heavy atom. The molecule has 96 valence electrons. The molecule has 0 amide bonds. The number of fused-ring (bicyclic) bond motifs is 3. The number of hydrogen-bond acceptors (Lipinski definition) is 4. The van der Waals surface area contributed by atoms with E-state index >= 15 is 0 Å². The maximum absolute atomic E-state index is 6.42. The van der Waals surface area contributed by atoms with Crippen LogP contribution in [0.2, 0.25) is 5.15 Å². The molecule has 2 nitrogen and oxygen atoms in total. The number of nitrogens with zero attached hydrogens (tertiary/aromatic N) is 2. The van der Waals surface area contributed by atoms with Gasteiger partial charge in [-0.2, -0.15) is 11.3 Å². The number of hydrogen-bond donors (Lipinski definition) is 0. The molecule has 0 fully saturated rings. The predicted molar refractivity (Wildman–Crippen MR) is 82.4 cm³/mol. The van der Waals surface area contributed by atoms with Gasteiger partial charge in [0.25, 0.3) is 0 Å². The van der Waals surface area contributed by atoms with Crippen molar-refractivity contribution in [2.24, 2.45) is 0 Å². The molecule has 3 aromatic heterocycles. The van der Waals surface area contributed by atoms with Gasteiger partial charge in [-0.05, 0) is 42.7 Å². The standard InChI is InChI=1S/C14H11ClN2S2/c15-12-11-9-3-1-2-4-10(9)19-14(11)17-13(16-12)8-5-6-18-7-8/h5-7H,1-4H2. The molecule has 0 radical (unpaired) electrons. The van der Waals surface area contributed by atoms with Crippen LogP contribution in [0.25, 0.3) is 21.6 Å². The van der Waals surface area contributed by atoms with Gasteiger partial charge in [0.1, 0.15) is 9.98 Å². The Hall–Kier alpha value is -0.970. The van der Waals surface area contributed by atoms with E-state index in [1.54, 1.807) is 22.7 Å². The molecule has 0 bridgehead atoms. The lowest BCUT2D eigenvalue weighted by Crippen LogP contribution is -1.98. The van der Waals surface area contributed by atoms with Gasteiger partial charge in [-0.3, -0.25) is 0 Å². The Bertz CT molecular complexity index is 746. The van der Waals surface area contributed by atoms with Crippen molar-refractivity contribution in [3.05, 3.63) is 32.4 Å². The number of aryl methyl sites for hydroxylation is 2. The summed E-state index contributed by atoms with van der Waals surface area (Å²) in [7, 11) is 0. The van der Waals surface area contributed by atoms with Crippen LogP contribution < -0.4 is 0 Å². The van der Waals surface area contributed by atoms with Gasteiger partial charge in [-0.1, -0.05) is 11.6 Å². The third-order valence-electron chi connectivity index (χ3n) is 3.55. The first-order chi connectivity index (χ1) is 9.33. The molecule has 3 aromatic rings. The van der Waals surface area contributed by atoms with E-state index in [0.717, 1.165) is 28.0 Å². The van der Waals surface area contributed by atoms with E-state index in [4.69, 9.17) is 16.6 Å². The monoisotopic (exact) mass is 306 g/mol. The second-order valence-electron chi connectivity index (χ2n) is 4.74. The lowest BCUT2D eigenvalue weighted by atomic mass is 9.97. The maximum atomic E-state index is 6.42. The van der Waals surface area contributed by atoms with Crippen LogP contribution in [0.1, 0.15) is 23.3 Å². The zero-order valence-corrected chi connectivity index (χ0v) is 12.5. The maximum Gasteiger partial charge on any atom is 0.163 e. The predicted octanol–water partition coefficient (Wildman–Crippen LogP) is 4.95. The van der Waals surface area contributed by atoms with Gasteiger partial charge < -0.3 is 0 Å². The summed E-state index contributed by atoms with van der Waals surface area (Å²) in [5, 5.41) is 5.81. The van der Waals surface area contributed by atoms with Crippen molar-refractivity contribution in [3.8, 4) is 11.4 Å². The second-order valence-corrected chi connectivity index (χ2v) is 6.96. The Morgan fingerprint density at radius 3 is 2.89 bits per heavy atom. The Morgan fingerprint density at radius 2 is 2.05 bits per heavy atom. The van der Waals surface area contributed by atoms with Crippen molar-refractivity contribution in [2.75, 3.05) is 0 Å². The molecule has 3 heterocycles. The molecule has 0 atom stereocenters. The van der Waals surface area contributed by atoms with E-state index in [9.17, 15) is 0 Å². The van der Waals surface area contributed by atoms with Crippen LogP contribution in [0.15, 0.2) is 16.8 Å². The van der Waals surface area contributed by atoms with Crippen LogP contribution in [0.4, 0.5) is 0 Å². The summed E-state index contributed by atoms with van der Waals surface area (Å²) >= 11 is 9.86. The molecule has 0 N–H and O–H groups in total. The van der Waals surface area contributed by atoms with Crippen molar-refractivity contribution in [2.45, 2.75) is 25.7 Å². The van der Waals surface area contributed by atoms with E-state index in [-0.39, 0.29) is 0 Å². The van der Waals surface area contributed by atoms with E-state index < -0.39 is 0 Å². The zero-order chi connectivity index (χ0) is 12.8. The van der Waals surface area contributed by atoms with E-state index in [1.807, 2.05) is 11.4 Å². The van der Waals surface area contributed by atoms with Gasteiger partial charge in [-0.25, -0.2) is 9.97 Å². The molecule has 1 aliphatic carbocycles. The molecule has 0 aliphatic heterocycles. The van der Waals surface area contributed by atoms with Gasteiger partial charge in [0.15, 0.2) is 5.82 Å². The van der Waals surface area contributed by atoms with Crippen molar-refractivity contribution in [1.82, 2.24) is 9.97 Å². The first-order valence-corrected chi connectivity index (χ1v) is 8.47. The molecule has 0 saturated heterocycles. The summed E-state index contributed by atoms with van der Waals surface area (Å²) in [6, 6.07) is 2.04. The van der Waals surface area contributed by atoms with E-state index in [2.05, 4.69) is 10.4 Å². The highest BCUT2D eigenvalue weighted by molar-refractivity contribution is 7.19. The minimum absolute atomic E-state index is 0.616. The molecule has 0 unspecified atom stereocenters. The topological polar surface area (TPSA) is 25.8 Å². The molecular weight excluding hydrogens is 296 g/mol. The molecule has 19 heavy (non-hydrogen) atoms. The first-order valence-electron chi connectivity index (χ1n) is 6.33. The normalized spacial score (nSPS) is 14.8. The highest BCUT2D eigenvalue weighted by Crippen LogP contribution is 2.39. The van der Waals surface area contributed by atoms with E-state index in [0.29, 0.717) is 5.15 Å². The molecule has 5 heteroatoms. The van der Waals surface area contributed by atoms with Crippen LogP contribution in [0, 0.1) is 0 Å². The van der Waals surface area contributed by atoms with E-state index in [1.165, 1.54) is 29.7 Å². The molecular formula is C14H11ClN2S2.